The molecule has 3 heterocycles. The highest BCUT2D eigenvalue weighted by Crippen LogP contribution is 2.54. The third-order valence-corrected chi connectivity index (χ3v) is 4.97. The van der Waals surface area contributed by atoms with Crippen LogP contribution < -0.4 is 10.6 Å². The monoisotopic (exact) mass is 360 g/mol. The predicted octanol–water partition coefficient (Wildman–Crippen LogP) is 1.02. The molecule has 7 nitrogen and oxygen atoms in total. The number of nitrogens with zero attached hydrogens (tertiary/aromatic N) is 2. The number of nitrogens with one attached hydrogen (secondary N) is 2. The van der Waals surface area contributed by atoms with Crippen LogP contribution in [0.25, 0.3) is 0 Å². The second kappa shape index (κ2) is 6.50. The van der Waals surface area contributed by atoms with E-state index in [0.29, 0.717) is 25.9 Å². The fourth-order valence-corrected chi connectivity index (χ4v) is 3.90. The zero-order chi connectivity index (χ0) is 18.1. The van der Waals surface area contributed by atoms with Crippen molar-refractivity contribution < 1.29 is 27.8 Å². The molecule has 2 unspecified atom stereocenters. The van der Waals surface area contributed by atoms with E-state index in [1.165, 1.54) is 18.6 Å². The van der Waals surface area contributed by atoms with Crippen molar-refractivity contribution >= 4 is 5.97 Å². The van der Waals surface area contributed by atoms with Crippen molar-refractivity contribution in [1.29, 1.82) is 0 Å². The van der Waals surface area contributed by atoms with Crippen LogP contribution in [-0.4, -0.2) is 53.0 Å². The molecule has 0 aromatic carbocycles. The molecule has 0 aliphatic carbocycles. The lowest BCUT2D eigenvalue weighted by Gasteiger charge is -2.47. The van der Waals surface area contributed by atoms with Gasteiger partial charge in [-0.3, -0.25) is 10.1 Å². The minimum Gasteiger partial charge on any atom is -0.480 e. The smallest absolute Gasteiger partial charge is 0.411 e. The summed E-state index contributed by atoms with van der Waals surface area (Å²) in [6.45, 7) is -0.363. The first-order valence-corrected chi connectivity index (χ1v) is 7.96. The van der Waals surface area contributed by atoms with E-state index in [4.69, 9.17) is 4.74 Å². The summed E-state index contributed by atoms with van der Waals surface area (Å²) in [6.07, 6.45) is -0.787. The number of ether oxygens (including phenoxy) is 1. The molecule has 0 amide bonds. The van der Waals surface area contributed by atoms with Crippen LogP contribution in [0.5, 0.6) is 0 Å². The van der Waals surface area contributed by atoms with Crippen LogP contribution in [0.1, 0.15) is 25.0 Å². The summed E-state index contributed by atoms with van der Waals surface area (Å²) < 4.78 is 44.1. The number of carbonyl (C=O) groups is 1. The molecule has 10 heteroatoms. The summed E-state index contributed by atoms with van der Waals surface area (Å²) in [7, 11) is 0. The SMILES string of the molecule is O=C(O)C1CC2(CCNCC2)C(OCC(F)(F)F)(c2ccncn2)N1. The molecule has 3 rings (SSSR count). The summed E-state index contributed by atoms with van der Waals surface area (Å²) in [5.41, 5.74) is -2.21. The highest BCUT2D eigenvalue weighted by molar-refractivity contribution is 5.74. The number of halogens is 3. The van der Waals surface area contributed by atoms with Crippen LogP contribution in [0.15, 0.2) is 18.6 Å². The van der Waals surface area contributed by atoms with Gasteiger partial charge in [-0.05, 0) is 38.4 Å². The van der Waals surface area contributed by atoms with Crippen LogP contribution in [0.4, 0.5) is 13.2 Å². The first-order valence-electron chi connectivity index (χ1n) is 7.96. The van der Waals surface area contributed by atoms with Gasteiger partial charge in [-0.1, -0.05) is 0 Å². The Balaban J connectivity index is 2.07. The molecule has 1 aromatic rings. The van der Waals surface area contributed by atoms with Gasteiger partial charge in [0, 0.05) is 11.6 Å². The van der Waals surface area contributed by atoms with Crippen LogP contribution in [0.2, 0.25) is 0 Å². The van der Waals surface area contributed by atoms with Gasteiger partial charge in [0.15, 0.2) is 5.72 Å². The fraction of sp³-hybridized carbons (Fsp3) is 0.667. The van der Waals surface area contributed by atoms with Gasteiger partial charge in [-0.15, -0.1) is 0 Å². The number of carboxylic acids is 1. The molecule has 2 aliphatic heterocycles. The van der Waals surface area contributed by atoms with Gasteiger partial charge >= 0.3 is 12.1 Å². The van der Waals surface area contributed by atoms with Crippen molar-refractivity contribution in [3.05, 3.63) is 24.3 Å². The summed E-state index contributed by atoms with van der Waals surface area (Å²) in [5.74, 6) is -1.12. The molecule has 2 atom stereocenters. The second-order valence-electron chi connectivity index (χ2n) is 6.45. The molecule has 138 valence electrons. The lowest BCUT2D eigenvalue weighted by Crippen LogP contribution is -2.57. The lowest BCUT2D eigenvalue weighted by atomic mass is 9.68. The Morgan fingerprint density at radius 2 is 2.12 bits per heavy atom. The van der Waals surface area contributed by atoms with Gasteiger partial charge < -0.3 is 15.2 Å². The van der Waals surface area contributed by atoms with E-state index in [-0.39, 0.29) is 12.1 Å². The lowest BCUT2D eigenvalue weighted by molar-refractivity contribution is -0.240. The quantitative estimate of drug-likeness (QED) is 0.738. The Kier molecular flexibility index (Phi) is 4.69. The average molecular weight is 360 g/mol. The Hall–Kier alpha value is -1.78. The Labute approximate surface area is 142 Å². The number of carboxylic acid groups (broad SMARTS) is 1. The number of aliphatic carboxylic acids is 1. The molecular weight excluding hydrogens is 341 g/mol. The number of alkyl halides is 3. The van der Waals surface area contributed by atoms with Crippen molar-refractivity contribution in [3.63, 3.8) is 0 Å². The zero-order valence-corrected chi connectivity index (χ0v) is 13.3. The molecule has 0 saturated carbocycles. The Morgan fingerprint density at radius 3 is 2.68 bits per heavy atom. The Morgan fingerprint density at radius 1 is 1.40 bits per heavy atom. The molecule has 0 bridgehead atoms. The van der Waals surface area contributed by atoms with E-state index in [0.717, 1.165) is 0 Å². The number of aromatic nitrogens is 2. The minimum atomic E-state index is -4.54. The number of hydrogen-bond donors (Lipinski definition) is 3. The standard InChI is InChI=1S/C15H19F3N4O3/c16-14(17,18)8-25-15(11-1-4-20-9-21-11)13(2-5-19-6-3-13)7-10(22-15)12(23)24/h1,4,9-10,19,22H,2-3,5-8H2,(H,23,24). The van der Waals surface area contributed by atoms with Crippen molar-refractivity contribution in [1.82, 2.24) is 20.6 Å². The minimum absolute atomic E-state index is 0.172. The van der Waals surface area contributed by atoms with Crippen molar-refractivity contribution in [2.45, 2.75) is 37.2 Å². The van der Waals surface area contributed by atoms with Crippen molar-refractivity contribution in [3.8, 4) is 0 Å². The summed E-state index contributed by atoms with van der Waals surface area (Å²) in [4.78, 5) is 19.5. The van der Waals surface area contributed by atoms with Crippen LogP contribution in [0, 0.1) is 5.41 Å². The highest BCUT2D eigenvalue weighted by atomic mass is 19.4. The van der Waals surface area contributed by atoms with Gasteiger partial charge in [-0.25, -0.2) is 9.97 Å². The summed E-state index contributed by atoms with van der Waals surface area (Å²) in [6, 6.07) is 0.457. The summed E-state index contributed by atoms with van der Waals surface area (Å²) in [5, 5.41) is 15.4. The number of hydrogen-bond acceptors (Lipinski definition) is 6. The van der Waals surface area contributed by atoms with E-state index < -0.39 is 35.9 Å². The van der Waals surface area contributed by atoms with Gasteiger partial charge in [0.1, 0.15) is 19.0 Å². The number of rotatable bonds is 4. The fourth-order valence-electron chi connectivity index (χ4n) is 3.90. The van der Waals surface area contributed by atoms with Gasteiger partial charge in [0.25, 0.3) is 0 Å². The second-order valence-corrected chi connectivity index (χ2v) is 6.45. The van der Waals surface area contributed by atoms with Gasteiger partial charge in [0.05, 0.1) is 5.69 Å². The molecule has 1 spiro atoms. The maximum Gasteiger partial charge on any atom is 0.411 e. The van der Waals surface area contributed by atoms with Crippen molar-refractivity contribution in [2.75, 3.05) is 19.7 Å². The first-order chi connectivity index (χ1) is 11.8. The third kappa shape index (κ3) is 3.33. The van der Waals surface area contributed by atoms with Crippen LogP contribution in [-0.2, 0) is 15.3 Å². The first kappa shape index (κ1) is 18.0. The Bertz CT molecular complexity index is 622. The molecule has 2 saturated heterocycles. The van der Waals surface area contributed by atoms with Crippen molar-refractivity contribution in [2.24, 2.45) is 5.41 Å². The molecule has 1 aromatic heterocycles. The van der Waals surface area contributed by atoms with Crippen LogP contribution >= 0.6 is 0 Å². The normalized spacial score (nSPS) is 29.0. The molecule has 0 radical (unpaired) electrons. The van der Waals surface area contributed by atoms with Crippen LogP contribution in [0.3, 0.4) is 0 Å². The molecule has 2 fully saturated rings. The number of piperidine rings is 1. The third-order valence-electron chi connectivity index (χ3n) is 4.97. The van der Waals surface area contributed by atoms with E-state index >= 15 is 0 Å². The van der Waals surface area contributed by atoms with E-state index in [2.05, 4.69) is 20.6 Å². The van der Waals surface area contributed by atoms with E-state index in [1.54, 1.807) is 0 Å². The largest absolute Gasteiger partial charge is 0.480 e. The molecule has 3 N–H and O–H groups in total. The highest BCUT2D eigenvalue weighted by Gasteiger charge is 2.63. The average Bonchev–Trinajstić information content (AvgIpc) is 2.89. The maximum atomic E-state index is 12.9. The molecule has 2 aliphatic rings. The predicted molar refractivity (Wildman–Crippen MR) is 79.4 cm³/mol. The topological polar surface area (TPSA) is 96.4 Å². The maximum absolute atomic E-state index is 12.9. The van der Waals surface area contributed by atoms with Gasteiger partial charge in [0.2, 0.25) is 0 Å². The zero-order valence-electron chi connectivity index (χ0n) is 13.3. The molecule has 25 heavy (non-hydrogen) atoms. The molecular formula is C15H19F3N4O3. The van der Waals surface area contributed by atoms with E-state index in [1.807, 2.05) is 0 Å². The summed E-state index contributed by atoms with van der Waals surface area (Å²) >= 11 is 0. The van der Waals surface area contributed by atoms with Gasteiger partial charge in [-0.2, -0.15) is 13.2 Å². The van der Waals surface area contributed by atoms with E-state index in [9.17, 15) is 23.1 Å².